The van der Waals surface area contributed by atoms with Gasteiger partial charge in [0.2, 0.25) is 0 Å². The highest BCUT2D eigenvalue weighted by Crippen LogP contribution is 2.29. The summed E-state index contributed by atoms with van der Waals surface area (Å²) in [6, 6.07) is 6.69. The molecule has 3 nitrogen and oxygen atoms in total. The Morgan fingerprint density at radius 1 is 1.53 bits per heavy atom. The van der Waals surface area contributed by atoms with Gasteiger partial charge in [-0.1, -0.05) is 28.1 Å². The first-order valence-electron chi connectivity index (χ1n) is 6.45. The molecule has 0 aliphatic carbocycles. The standard InChI is InChI=1S/C15H23BrN2O/c1-5-8-18(9-10-19-4)15-11-13(16)6-7-14(15)12(2)17-3/h5-7,11-12,17H,1,8-10H2,2-4H3. The molecule has 0 aromatic heterocycles. The van der Waals surface area contributed by atoms with Crippen LogP contribution in [-0.2, 0) is 4.74 Å². The predicted molar refractivity (Wildman–Crippen MR) is 85.9 cm³/mol. The number of methoxy groups -OCH3 is 1. The van der Waals surface area contributed by atoms with Crippen molar-refractivity contribution >= 4 is 21.6 Å². The SMILES string of the molecule is C=CCN(CCOC)c1cc(Br)ccc1C(C)NC. The van der Waals surface area contributed by atoms with E-state index in [0.717, 1.165) is 17.6 Å². The summed E-state index contributed by atoms with van der Waals surface area (Å²) < 4.78 is 6.28. The van der Waals surface area contributed by atoms with E-state index in [1.807, 2.05) is 13.1 Å². The highest BCUT2D eigenvalue weighted by atomic mass is 79.9. The zero-order chi connectivity index (χ0) is 14.3. The van der Waals surface area contributed by atoms with Crippen molar-refractivity contribution in [2.24, 2.45) is 0 Å². The van der Waals surface area contributed by atoms with E-state index in [-0.39, 0.29) is 0 Å². The van der Waals surface area contributed by atoms with Crippen molar-refractivity contribution in [2.75, 3.05) is 38.8 Å². The summed E-state index contributed by atoms with van der Waals surface area (Å²) in [4.78, 5) is 2.28. The number of hydrogen-bond donors (Lipinski definition) is 1. The fraction of sp³-hybridized carbons (Fsp3) is 0.467. The van der Waals surface area contributed by atoms with Gasteiger partial charge in [-0.15, -0.1) is 6.58 Å². The van der Waals surface area contributed by atoms with Crippen LogP contribution in [0.4, 0.5) is 5.69 Å². The van der Waals surface area contributed by atoms with Gasteiger partial charge >= 0.3 is 0 Å². The third kappa shape index (κ3) is 4.64. The van der Waals surface area contributed by atoms with Gasteiger partial charge in [-0.25, -0.2) is 0 Å². The zero-order valence-corrected chi connectivity index (χ0v) is 13.5. The minimum Gasteiger partial charge on any atom is -0.383 e. The van der Waals surface area contributed by atoms with Gasteiger partial charge in [0.1, 0.15) is 0 Å². The Morgan fingerprint density at radius 3 is 2.84 bits per heavy atom. The molecule has 0 radical (unpaired) electrons. The molecular formula is C15H23BrN2O. The van der Waals surface area contributed by atoms with Crippen molar-refractivity contribution in [2.45, 2.75) is 13.0 Å². The first-order valence-corrected chi connectivity index (χ1v) is 7.24. The van der Waals surface area contributed by atoms with Crippen LogP contribution in [0.3, 0.4) is 0 Å². The van der Waals surface area contributed by atoms with Gasteiger partial charge in [-0.2, -0.15) is 0 Å². The highest BCUT2D eigenvalue weighted by Gasteiger charge is 2.14. The Bertz CT molecular complexity index is 409. The molecule has 0 heterocycles. The van der Waals surface area contributed by atoms with Crippen LogP contribution in [0.15, 0.2) is 35.3 Å². The van der Waals surface area contributed by atoms with Gasteiger partial charge in [-0.3, -0.25) is 0 Å². The molecule has 106 valence electrons. The average molecular weight is 327 g/mol. The lowest BCUT2D eigenvalue weighted by molar-refractivity contribution is 0.205. The molecule has 0 spiro atoms. The summed E-state index contributed by atoms with van der Waals surface area (Å²) >= 11 is 3.55. The van der Waals surface area contributed by atoms with Crippen LogP contribution in [0.5, 0.6) is 0 Å². The van der Waals surface area contributed by atoms with Crippen molar-refractivity contribution in [1.29, 1.82) is 0 Å². The van der Waals surface area contributed by atoms with Crippen molar-refractivity contribution in [3.63, 3.8) is 0 Å². The molecule has 1 atom stereocenters. The van der Waals surface area contributed by atoms with Crippen molar-refractivity contribution in [3.05, 3.63) is 40.9 Å². The lowest BCUT2D eigenvalue weighted by Crippen LogP contribution is -2.29. The van der Waals surface area contributed by atoms with Crippen LogP contribution in [0.1, 0.15) is 18.5 Å². The summed E-state index contributed by atoms with van der Waals surface area (Å²) in [5.41, 5.74) is 2.50. The number of halogens is 1. The molecular weight excluding hydrogens is 304 g/mol. The lowest BCUT2D eigenvalue weighted by atomic mass is 10.1. The van der Waals surface area contributed by atoms with Gasteiger partial charge in [0, 0.05) is 36.4 Å². The third-order valence-corrected chi connectivity index (χ3v) is 3.64. The molecule has 0 fully saturated rings. The Labute approximate surface area is 124 Å². The van der Waals surface area contributed by atoms with E-state index in [4.69, 9.17) is 4.74 Å². The zero-order valence-electron chi connectivity index (χ0n) is 11.9. The quantitative estimate of drug-likeness (QED) is 0.741. The number of benzene rings is 1. The first-order chi connectivity index (χ1) is 9.13. The van der Waals surface area contributed by atoms with Crippen molar-refractivity contribution in [3.8, 4) is 0 Å². The van der Waals surface area contributed by atoms with E-state index in [1.165, 1.54) is 11.3 Å². The van der Waals surface area contributed by atoms with Crippen molar-refractivity contribution < 1.29 is 4.74 Å². The van der Waals surface area contributed by atoms with E-state index in [2.05, 4.69) is 57.8 Å². The van der Waals surface area contributed by atoms with Crippen molar-refractivity contribution in [1.82, 2.24) is 5.32 Å². The molecule has 0 amide bonds. The van der Waals surface area contributed by atoms with E-state index in [0.29, 0.717) is 12.6 Å². The Balaban J connectivity index is 3.10. The van der Waals surface area contributed by atoms with E-state index < -0.39 is 0 Å². The minimum atomic E-state index is 0.304. The topological polar surface area (TPSA) is 24.5 Å². The molecule has 1 N–H and O–H groups in total. The first kappa shape index (κ1) is 16.2. The Hall–Kier alpha value is -0.840. The number of rotatable bonds is 8. The number of anilines is 1. The van der Waals surface area contributed by atoms with E-state index in [9.17, 15) is 0 Å². The number of nitrogens with zero attached hydrogens (tertiary/aromatic N) is 1. The third-order valence-electron chi connectivity index (χ3n) is 3.15. The maximum atomic E-state index is 5.19. The molecule has 1 rings (SSSR count). The fourth-order valence-corrected chi connectivity index (χ4v) is 2.33. The smallest absolute Gasteiger partial charge is 0.0637 e. The summed E-state index contributed by atoms with van der Waals surface area (Å²) in [5.74, 6) is 0. The molecule has 0 aliphatic heterocycles. The monoisotopic (exact) mass is 326 g/mol. The molecule has 4 heteroatoms. The molecule has 0 bridgehead atoms. The highest BCUT2D eigenvalue weighted by molar-refractivity contribution is 9.10. The largest absolute Gasteiger partial charge is 0.383 e. The second-order valence-corrected chi connectivity index (χ2v) is 5.36. The van der Waals surface area contributed by atoms with Gasteiger partial charge in [-0.05, 0) is 31.7 Å². The van der Waals surface area contributed by atoms with Crippen LogP contribution in [0.2, 0.25) is 0 Å². The molecule has 0 saturated heterocycles. The second-order valence-electron chi connectivity index (χ2n) is 4.44. The fourth-order valence-electron chi connectivity index (χ4n) is 1.98. The molecule has 1 aromatic carbocycles. The molecule has 0 aliphatic rings. The molecule has 1 aromatic rings. The number of nitrogens with one attached hydrogen (secondary N) is 1. The minimum absolute atomic E-state index is 0.304. The predicted octanol–water partition coefficient (Wildman–Crippen LogP) is 3.37. The van der Waals surface area contributed by atoms with E-state index >= 15 is 0 Å². The normalized spacial score (nSPS) is 12.2. The maximum Gasteiger partial charge on any atom is 0.0637 e. The summed E-state index contributed by atoms with van der Waals surface area (Å²) in [5, 5.41) is 3.30. The maximum absolute atomic E-state index is 5.19. The van der Waals surface area contributed by atoms with Crippen LogP contribution < -0.4 is 10.2 Å². The van der Waals surface area contributed by atoms with Crippen LogP contribution in [0.25, 0.3) is 0 Å². The van der Waals surface area contributed by atoms with Gasteiger partial charge < -0.3 is 15.0 Å². The summed E-state index contributed by atoms with van der Waals surface area (Å²) in [7, 11) is 3.70. The van der Waals surface area contributed by atoms with Gasteiger partial charge in [0.05, 0.1) is 6.61 Å². The van der Waals surface area contributed by atoms with Crippen LogP contribution >= 0.6 is 15.9 Å². The van der Waals surface area contributed by atoms with Crippen LogP contribution in [0, 0.1) is 0 Å². The van der Waals surface area contributed by atoms with Crippen LogP contribution in [-0.4, -0.2) is 33.9 Å². The molecule has 19 heavy (non-hydrogen) atoms. The average Bonchev–Trinajstić information content (AvgIpc) is 2.42. The molecule has 1 unspecified atom stereocenters. The van der Waals surface area contributed by atoms with Gasteiger partial charge in [0.25, 0.3) is 0 Å². The summed E-state index contributed by atoms with van der Waals surface area (Å²) in [6.07, 6.45) is 1.92. The molecule has 0 saturated carbocycles. The van der Waals surface area contributed by atoms with E-state index in [1.54, 1.807) is 7.11 Å². The second kappa shape index (κ2) is 8.35. The lowest BCUT2D eigenvalue weighted by Gasteiger charge is -2.28. The number of ether oxygens (including phenoxy) is 1. The number of hydrogen-bond acceptors (Lipinski definition) is 3. The Kier molecular flexibility index (Phi) is 7.13. The summed E-state index contributed by atoms with van der Waals surface area (Å²) in [6.45, 7) is 8.36. The Morgan fingerprint density at radius 2 is 2.26 bits per heavy atom. The van der Waals surface area contributed by atoms with Gasteiger partial charge in [0.15, 0.2) is 0 Å².